The van der Waals surface area contributed by atoms with Crippen molar-refractivity contribution in [2.45, 2.75) is 11.8 Å². The summed E-state index contributed by atoms with van der Waals surface area (Å²) in [7, 11) is 0. The van der Waals surface area contributed by atoms with Crippen LogP contribution in [0.25, 0.3) is 0 Å². The molecule has 0 aromatic heterocycles. The molecule has 4 heteroatoms. The third kappa shape index (κ3) is 2.00. The fourth-order valence-electron chi connectivity index (χ4n) is 2.11. The van der Waals surface area contributed by atoms with Gasteiger partial charge in [0.1, 0.15) is 0 Å². The maximum absolute atomic E-state index is 9.53. The minimum absolute atomic E-state index is 0.112. The van der Waals surface area contributed by atoms with Gasteiger partial charge >= 0.3 is 0 Å². The molecule has 0 radical (unpaired) electrons. The number of aliphatic hydroxyl groups is 1. The predicted molar refractivity (Wildman–Crippen MR) is 62.7 cm³/mol. The van der Waals surface area contributed by atoms with E-state index in [1.54, 1.807) is 6.07 Å². The molecule has 1 aromatic carbocycles. The van der Waals surface area contributed by atoms with E-state index >= 15 is 0 Å². The van der Waals surface area contributed by atoms with E-state index in [2.05, 4.69) is 5.32 Å². The van der Waals surface area contributed by atoms with Crippen molar-refractivity contribution in [3.05, 3.63) is 33.8 Å². The van der Waals surface area contributed by atoms with E-state index in [4.69, 9.17) is 23.2 Å². The summed E-state index contributed by atoms with van der Waals surface area (Å²) in [5.41, 5.74) is 0.753. The van der Waals surface area contributed by atoms with E-state index in [9.17, 15) is 5.11 Å². The van der Waals surface area contributed by atoms with Crippen molar-refractivity contribution < 1.29 is 5.11 Å². The van der Waals surface area contributed by atoms with Gasteiger partial charge in [-0.15, -0.1) is 0 Å². The van der Waals surface area contributed by atoms with Crippen LogP contribution in [0.3, 0.4) is 0 Å². The molecule has 0 aliphatic carbocycles. The third-order valence-corrected chi connectivity index (χ3v) is 3.60. The Morgan fingerprint density at radius 3 is 2.73 bits per heavy atom. The van der Waals surface area contributed by atoms with E-state index in [0.717, 1.165) is 25.1 Å². The van der Waals surface area contributed by atoms with E-state index in [0.29, 0.717) is 10.0 Å². The molecule has 1 atom stereocenters. The molecule has 1 saturated heterocycles. The quantitative estimate of drug-likeness (QED) is 0.838. The Hall–Kier alpha value is -0.280. The Morgan fingerprint density at radius 2 is 2.20 bits per heavy atom. The van der Waals surface area contributed by atoms with Crippen LogP contribution in [0.4, 0.5) is 0 Å². The van der Waals surface area contributed by atoms with Crippen LogP contribution in [0, 0.1) is 0 Å². The maximum Gasteiger partial charge on any atom is 0.0541 e. The van der Waals surface area contributed by atoms with E-state index in [1.807, 2.05) is 12.1 Å². The second-order valence-corrected chi connectivity index (χ2v) is 4.83. The summed E-state index contributed by atoms with van der Waals surface area (Å²) in [4.78, 5) is 0. The molecule has 1 aromatic rings. The first-order valence-corrected chi connectivity index (χ1v) is 5.71. The summed E-state index contributed by atoms with van der Waals surface area (Å²) in [5.74, 6) is 0. The lowest BCUT2D eigenvalue weighted by Gasteiger charge is -2.27. The van der Waals surface area contributed by atoms with Gasteiger partial charge in [0.15, 0.2) is 0 Å². The Kier molecular flexibility index (Phi) is 3.21. The lowest BCUT2D eigenvalue weighted by molar-refractivity contribution is 0.205. The average molecular weight is 246 g/mol. The van der Waals surface area contributed by atoms with Crippen molar-refractivity contribution in [2.24, 2.45) is 0 Å². The van der Waals surface area contributed by atoms with Crippen LogP contribution in [-0.2, 0) is 5.41 Å². The lowest BCUT2D eigenvalue weighted by atomic mass is 9.80. The summed E-state index contributed by atoms with van der Waals surface area (Å²) in [6.45, 7) is 1.80. The van der Waals surface area contributed by atoms with Crippen molar-refractivity contribution >= 4 is 23.2 Å². The van der Waals surface area contributed by atoms with Gasteiger partial charge in [0, 0.05) is 22.0 Å². The first kappa shape index (κ1) is 11.2. The molecule has 2 rings (SSSR count). The zero-order valence-electron chi connectivity index (χ0n) is 8.26. The Labute approximate surface area is 99.2 Å². The number of rotatable bonds is 2. The number of hydrogen-bond donors (Lipinski definition) is 2. The molecule has 0 spiro atoms. The fourth-order valence-corrected chi connectivity index (χ4v) is 2.72. The number of benzene rings is 1. The molecule has 1 fully saturated rings. The largest absolute Gasteiger partial charge is 0.395 e. The molecule has 0 amide bonds. The molecule has 1 heterocycles. The highest BCUT2D eigenvalue weighted by Gasteiger charge is 2.36. The molecule has 2 N–H and O–H groups in total. The zero-order chi connectivity index (χ0) is 10.9. The molecule has 1 aliphatic heterocycles. The van der Waals surface area contributed by atoms with Crippen LogP contribution >= 0.6 is 23.2 Å². The standard InChI is InChI=1S/C11H13Cl2NO/c12-8-1-2-9(10(13)5-8)11(7-15)3-4-14-6-11/h1-2,5,14-15H,3-4,6-7H2. The summed E-state index contributed by atoms with van der Waals surface area (Å²) >= 11 is 12.0. The lowest BCUT2D eigenvalue weighted by Crippen LogP contribution is -2.33. The van der Waals surface area contributed by atoms with Gasteiger partial charge in [0.05, 0.1) is 6.61 Å². The minimum Gasteiger partial charge on any atom is -0.395 e. The number of hydrogen-bond acceptors (Lipinski definition) is 2. The number of aliphatic hydroxyl groups excluding tert-OH is 1. The molecule has 0 bridgehead atoms. The number of nitrogens with one attached hydrogen (secondary N) is 1. The highest BCUT2D eigenvalue weighted by atomic mass is 35.5. The van der Waals surface area contributed by atoms with Crippen LogP contribution in [-0.4, -0.2) is 24.8 Å². The molecular weight excluding hydrogens is 233 g/mol. The SMILES string of the molecule is OCC1(c2ccc(Cl)cc2Cl)CCNC1. The molecule has 0 saturated carbocycles. The summed E-state index contributed by atoms with van der Waals surface area (Å²) < 4.78 is 0. The highest BCUT2D eigenvalue weighted by molar-refractivity contribution is 6.35. The maximum atomic E-state index is 9.53. The van der Waals surface area contributed by atoms with Crippen LogP contribution in [0.2, 0.25) is 10.0 Å². The Morgan fingerprint density at radius 1 is 1.40 bits per heavy atom. The van der Waals surface area contributed by atoms with Crippen molar-refractivity contribution in [1.82, 2.24) is 5.32 Å². The van der Waals surface area contributed by atoms with Gasteiger partial charge in [0.2, 0.25) is 0 Å². The van der Waals surface area contributed by atoms with Crippen LogP contribution in [0.1, 0.15) is 12.0 Å². The van der Waals surface area contributed by atoms with Gasteiger partial charge in [0.25, 0.3) is 0 Å². The second-order valence-electron chi connectivity index (χ2n) is 3.99. The van der Waals surface area contributed by atoms with Crippen molar-refractivity contribution in [3.8, 4) is 0 Å². The Bertz CT molecular complexity index is 362. The normalized spacial score (nSPS) is 25.8. The molecule has 15 heavy (non-hydrogen) atoms. The number of halogens is 2. The smallest absolute Gasteiger partial charge is 0.0541 e. The van der Waals surface area contributed by atoms with Crippen LogP contribution < -0.4 is 5.32 Å². The summed E-state index contributed by atoms with van der Waals surface area (Å²) in [6.07, 6.45) is 0.908. The van der Waals surface area contributed by atoms with E-state index in [1.165, 1.54) is 0 Å². The van der Waals surface area contributed by atoms with Crippen LogP contribution in [0.5, 0.6) is 0 Å². The van der Waals surface area contributed by atoms with Gasteiger partial charge in [-0.3, -0.25) is 0 Å². The fraction of sp³-hybridized carbons (Fsp3) is 0.455. The third-order valence-electron chi connectivity index (χ3n) is 3.05. The molecular formula is C11H13Cl2NO. The van der Waals surface area contributed by atoms with E-state index < -0.39 is 0 Å². The highest BCUT2D eigenvalue weighted by Crippen LogP contribution is 2.36. The topological polar surface area (TPSA) is 32.3 Å². The van der Waals surface area contributed by atoms with Crippen LogP contribution in [0.15, 0.2) is 18.2 Å². The average Bonchev–Trinajstić information content (AvgIpc) is 2.67. The summed E-state index contributed by atoms with van der Waals surface area (Å²) in [5, 5.41) is 14.1. The molecule has 1 unspecified atom stereocenters. The van der Waals surface area contributed by atoms with Crippen molar-refractivity contribution in [1.29, 1.82) is 0 Å². The van der Waals surface area contributed by atoms with Gasteiger partial charge in [-0.1, -0.05) is 29.3 Å². The Balaban J connectivity index is 2.42. The predicted octanol–water partition coefficient (Wildman–Crippen LogP) is 2.22. The molecule has 1 aliphatic rings. The minimum atomic E-state index is -0.234. The van der Waals surface area contributed by atoms with Crippen molar-refractivity contribution in [2.75, 3.05) is 19.7 Å². The zero-order valence-corrected chi connectivity index (χ0v) is 9.78. The van der Waals surface area contributed by atoms with Crippen molar-refractivity contribution in [3.63, 3.8) is 0 Å². The molecule has 2 nitrogen and oxygen atoms in total. The van der Waals surface area contributed by atoms with Gasteiger partial charge in [-0.05, 0) is 30.7 Å². The monoisotopic (exact) mass is 245 g/mol. The van der Waals surface area contributed by atoms with Gasteiger partial charge < -0.3 is 10.4 Å². The first-order valence-electron chi connectivity index (χ1n) is 4.95. The molecule has 82 valence electrons. The van der Waals surface area contributed by atoms with Gasteiger partial charge in [-0.2, -0.15) is 0 Å². The first-order chi connectivity index (χ1) is 7.18. The van der Waals surface area contributed by atoms with Gasteiger partial charge in [-0.25, -0.2) is 0 Å². The van der Waals surface area contributed by atoms with E-state index in [-0.39, 0.29) is 12.0 Å². The summed E-state index contributed by atoms with van der Waals surface area (Å²) in [6, 6.07) is 5.46. The second kappa shape index (κ2) is 4.30.